The molecule has 13 heavy (non-hydrogen) atoms. The van der Waals surface area contributed by atoms with Gasteiger partial charge >= 0.3 is 0 Å². The van der Waals surface area contributed by atoms with Crippen molar-refractivity contribution in [2.45, 2.75) is 12.3 Å². The van der Waals surface area contributed by atoms with Gasteiger partial charge in [-0.25, -0.2) is 4.98 Å². The van der Waals surface area contributed by atoms with Gasteiger partial charge in [0.1, 0.15) is 0 Å². The fourth-order valence-corrected chi connectivity index (χ4v) is 1.59. The van der Waals surface area contributed by atoms with Gasteiger partial charge in [0, 0.05) is 18.9 Å². The van der Waals surface area contributed by atoms with Crippen LogP contribution in [0.1, 0.15) is 17.9 Å². The SMILES string of the molecule is COc1ccc(C2CC2CO)cn1. The number of aromatic nitrogens is 1. The van der Waals surface area contributed by atoms with Gasteiger partial charge < -0.3 is 9.84 Å². The predicted octanol–water partition coefficient (Wildman–Crippen LogP) is 1.19. The standard InChI is InChI=1S/C10H13NO2/c1-13-10-3-2-7(5-11-10)9-4-8(9)6-12/h2-3,5,8-9,12H,4,6H2,1H3. The average Bonchev–Trinajstić information content (AvgIpc) is 2.97. The number of nitrogens with zero attached hydrogens (tertiary/aromatic N) is 1. The maximum absolute atomic E-state index is 8.89. The number of hydrogen-bond donors (Lipinski definition) is 1. The minimum Gasteiger partial charge on any atom is -0.481 e. The topological polar surface area (TPSA) is 42.4 Å². The summed E-state index contributed by atoms with van der Waals surface area (Å²) in [7, 11) is 1.61. The zero-order valence-electron chi connectivity index (χ0n) is 7.60. The lowest BCUT2D eigenvalue weighted by atomic mass is 10.1. The molecule has 2 unspecified atom stereocenters. The van der Waals surface area contributed by atoms with E-state index in [0.717, 1.165) is 6.42 Å². The molecule has 3 nitrogen and oxygen atoms in total. The molecule has 70 valence electrons. The van der Waals surface area contributed by atoms with E-state index < -0.39 is 0 Å². The Kier molecular flexibility index (Phi) is 2.19. The molecular formula is C10H13NO2. The fraction of sp³-hybridized carbons (Fsp3) is 0.500. The summed E-state index contributed by atoms with van der Waals surface area (Å²) in [5.41, 5.74) is 1.21. The van der Waals surface area contributed by atoms with Gasteiger partial charge in [-0.1, -0.05) is 6.07 Å². The Balaban J connectivity index is 2.07. The summed E-state index contributed by atoms with van der Waals surface area (Å²) < 4.78 is 4.96. The predicted molar refractivity (Wildman–Crippen MR) is 48.7 cm³/mol. The minimum atomic E-state index is 0.288. The van der Waals surface area contributed by atoms with E-state index in [9.17, 15) is 0 Å². The summed E-state index contributed by atoms with van der Waals surface area (Å²) in [6.45, 7) is 0.288. The summed E-state index contributed by atoms with van der Waals surface area (Å²) in [6.07, 6.45) is 2.92. The van der Waals surface area contributed by atoms with Crippen molar-refractivity contribution in [1.82, 2.24) is 4.98 Å². The van der Waals surface area contributed by atoms with E-state index in [1.54, 1.807) is 7.11 Å². The molecule has 0 saturated heterocycles. The molecule has 0 spiro atoms. The molecule has 2 atom stereocenters. The monoisotopic (exact) mass is 179 g/mol. The molecule has 1 aromatic rings. The number of ether oxygens (including phenoxy) is 1. The van der Waals surface area contributed by atoms with Crippen molar-refractivity contribution < 1.29 is 9.84 Å². The van der Waals surface area contributed by atoms with Crippen molar-refractivity contribution in [1.29, 1.82) is 0 Å². The highest BCUT2D eigenvalue weighted by atomic mass is 16.5. The quantitative estimate of drug-likeness (QED) is 0.757. The largest absolute Gasteiger partial charge is 0.481 e. The lowest BCUT2D eigenvalue weighted by molar-refractivity contribution is 0.274. The highest BCUT2D eigenvalue weighted by molar-refractivity contribution is 5.26. The third kappa shape index (κ3) is 1.65. The number of aliphatic hydroxyl groups excluding tert-OH is 1. The molecule has 0 aliphatic heterocycles. The molecule has 1 N–H and O–H groups in total. The Labute approximate surface area is 77.4 Å². The smallest absolute Gasteiger partial charge is 0.212 e. The van der Waals surface area contributed by atoms with Gasteiger partial charge in [0.05, 0.1) is 7.11 Å². The normalized spacial score (nSPS) is 25.7. The van der Waals surface area contributed by atoms with E-state index in [-0.39, 0.29) is 6.61 Å². The second kappa shape index (κ2) is 3.34. The van der Waals surface area contributed by atoms with Gasteiger partial charge in [-0.2, -0.15) is 0 Å². The van der Waals surface area contributed by atoms with Gasteiger partial charge in [-0.3, -0.25) is 0 Å². The molecule has 1 aromatic heterocycles. The first kappa shape index (κ1) is 8.51. The lowest BCUT2D eigenvalue weighted by Gasteiger charge is -2.00. The molecular weight excluding hydrogens is 166 g/mol. The van der Waals surface area contributed by atoms with Crippen molar-refractivity contribution in [3.05, 3.63) is 23.9 Å². The Morgan fingerprint density at radius 2 is 2.46 bits per heavy atom. The summed E-state index contributed by atoms with van der Waals surface area (Å²) in [5.74, 6) is 1.61. The zero-order valence-corrected chi connectivity index (χ0v) is 7.60. The van der Waals surface area contributed by atoms with Gasteiger partial charge in [0.15, 0.2) is 0 Å². The second-order valence-corrected chi connectivity index (χ2v) is 3.42. The van der Waals surface area contributed by atoms with E-state index in [1.165, 1.54) is 5.56 Å². The summed E-state index contributed by atoms with van der Waals surface area (Å²) in [5, 5.41) is 8.89. The second-order valence-electron chi connectivity index (χ2n) is 3.42. The molecule has 1 aliphatic carbocycles. The average molecular weight is 179 g/mol. The van der Waals surface area contributed by atoms with Crippen LogP contribution in [0, 0.1) is 5.92 Å². The highest BCUT2D eigenvalue weighted by Crippen LogP contribution is 2.46. The van der Waals surface area contributed by atoms with Crippen LogP contribution in [-0.2, 0) is 0 Å². The Hall–Kier alpha value is -1.09. The van der Waals surface area contributed by atoms with Crippen molar-refractivity contribution in [2.24, 2.45) is 5.92 Å². The molecule has 1 saturated carbocycles. The maximum Gasteiger partial charge on any atom is 0.212 e. The van der Waals surface area contributed by atoms with E-state index in [4.69, 9.17) is 9.84 Å². The van der Waals surface area contributed by atoms with Gasteiger partial charge in [-0.15, -0.1) is 0 Å². The highest BCUT2D eigenvalue weighted by Gasteiger charge is 2.37. The van der Waals surface area contributed by atoms with Crippen LogP contribution < -0.4 is 4.74 Å². The van der Waals surface area contributed by atoms with Crippen LogP contribution in [0.15, 0.2) is 18.3 Å². The third-order valence-corrected chi connectivity index (χ3v) is 2.55. The third-order valence-electron chi connectivity index (χ3n) is 2.55. The first-order valence-electron chi connectivity index (χ1n) is 4.46. The fourth-order valence-electron chi connectivity index (χ4n) is 1.59. The number of rotatable bonds is 3. The van der Waals surface area contributed by atoms with Crippen molar-refractivity contribution in [3.63, 3.8) is 0 Å². The number of methoxy groups -OCH3 is 1. The van der Waals surface area contributed by atoms with Crippen molar-refractivity contribution in [3.8, 4) is 5.88 Å². The van der Waals surface area contributed by atoms with Crippen molar-refractivity contribution in [2.75, 3.05) is 13.7 Å². The van der Waals surface area contributed by atoms with E-state index >= 15 is 0 Å². The van der Waals surface area contributed by atoms with E-state index in [2.05, 4.69) is 4.98 Å². The van der Waals surface area contributed by atoms with E-state index in [1.807, 2.05) is 18.3 Å². The van der Waals surface area contributed by atoms with Crippen LogP contribution in [0.4, 0.5) is 0 Å². The van der Waals surface area contributed by atoms with Crippen LogP contribution >= 0.6 is 0 Å². The molecule has 2 rings (SSSR count). The molecule has 3 heteroatoms. The Morgan fingerprint density at radius 3 is 2.92 bits per heavy atom. The lowest BCUT2D eigenvalue weighted by Crippen LogP contribution is -1.91. The number of aliphatic hydroxyl groups is 1. The molecule has 1 heterocycles. The van der Waals surface area contributed by atoms with E-state index in [0.29, 0.717) is 17.7 Å². The van der Waals surface area contributed by atoms with Crippen LogP contribution in [0.2, 0.25) is 0 Å². The van der Waals surface area contributed by atoms with Crippen LogP contribution in [0.3, 0.4) is 0 Å². The number of hydrogen-bond acceptors (Lipinski definition) is 3. The molecule has 0 aromatic carbocycles. The molecule has 0 amide bonds. The first-order chi connectivity index (χ1) is 6.35. The number of pyridine rings is 1. The summed E-state index contributed by atoms with van der Waals surface area (Å²) in [4.78, 5) is 4.12. The Morgan fingerprint density at radius 1 is 1.62 bits per heavy atom. The maximum atomic E-state index is 8.89. The zero-order chi connectivity index (χ0) is 9.26. The molecule has 0 radical (unpaired) electrons. The summed E-state index contributed by atoms with van der Waals surface area (Å²) in [6, 6.07) is 3.88. The van der Waals surface area contributed by atoms with Crippen LogP contribution in [-0.4, -0.2) is 23.8 Å². The first-order valence-corrected chi connectivity index (χ1v) is 4.46. The Bertz CT molecular complexity index is 283. The van der Waals surface area contributed by atoms with Gasteiger partial charge in [0.25, 0.3) is 0 Å². The van der Waals surface area contributed by atoms with Crippen LogP contribution in [0.5, 0.6) is 5.88 Å². The molecule has 0 bridgehead atoms. The van der Waals surface area contributed by atoms with Crippen LogP contribution in [0.25, 0.3) is 0 Å². The molecule has 1 aliphatic rings. The molecule has 1 fully saturated rings. The summed E-state index contributed by atoms with van der Waals surface area (Å²) >= 11 is 0. The minimum absolute atomic E-state index is 0.288. The van der Waals surface area contributed by atoms with Crippen molar-refractivity contribution >= 4 is 0 Å². The van der Waals surface area contributed by atoms with Gasteiger partial charge in [0.2, 0.25) is 5.88 Å². The van der Waals surface area contributed by atoms with Gasteiger partial charge in [-0.05, 0) is 23.8 Å².